The summed E-state index contributed by atoms with van der Waals surface area (Å²) in [6, 6.07) is 6.79. The van der Waals surface area contributed by atoms with Crippen LogP contribution in [-0.4, -0.2) is 44.9 Å². The number of aromatic hydroxyl groups is 1. The van der Waals surface area contributed by atoms with Gasteiger partial charge in [0.25, 0.3) is 0 Å². The summed E-state index contributed by atoms with van der Waals surface area (Å²) >= 11 is 0. The van der Waals surface area contributed by atoms with Gasteiger partial charge in [-0.15, -0.1) is 0 Å². The smallest absolute Gasteiger partial charge is 0.324 e. The minimum atomic E-state index is -0.875. The molecular formula is C15H19NO4. The standard InChI is InChI=1S/C15H19NO4/c17-9-10-8-15(14(19)20)6-3-7-16(15)13(10)11-4-1-2-5-12(11)18/h1-2,4-5,10,13,17-18H,3,6-9H2,(H,19,20)/t10-,13-,15-/m1/s1. The Labute approximate surface area is 117 Å². The Hall–Kier alpha value is -1.59. The first-order chi connectivity index (χ1) is 9.60. The van der Waals surface area contributed by atoms with Gasteiger partial charge in [0.15, 0.2) is 0 Å². The molecule has 20 heavy (non-hydrogen) atoms. The van der Waals surface area contributed by atoms with Crippen molar-refractivity contribution in [2.45, 2.75) is 30.8 Å². The number of nitrogens with zero attached hydrogens (tertiary/aromatic N) is 1. The average molecular weight is 277 g/mol. The van der Waals surface area contributed by atoms with Crippen molar-refractivity contribution in [3.8, 4) is 5.75 Å². The number of aliphatic hydroxyl groups excluding tert-OH is 1. The minimum Gasteiger partial charge on any atom is -0.508 e. The van der Waals surface area contributed by atoms with Crippen LogP contribution in [0, 0.1) is 5.92 Å². The normalized spacial score (nSPS) is 33.2. The first-order valence-corrected chi connectivity index (χ1v) is 6.99. The molecule has 2 aliphatic rings. The molecule has 0 amide bonds. The molecule has 1 aromatic rings. The zero-order chi connectivity index (χ0) is 14.3. The minimum absolute atomic E-state index is 0.0649. The zero-order valence-corrected chi connectivity index (χ0v) is 11.2. The highest BCUT2D eigenvalue weighted by atomic mass is 16.4. The second-order valence-corrected chi connectivity index (χ2v) is 5.78. The molecule has 2 saturated heterocycles. The highest BCUT2D eigenvalue weighted by Gasteiger charge is 2.58. The molecule has 5 heteroatoms. The Kier molecular flexibility index (Phi) is 3.18. The molecule has 0 radical (unpaired) electrons. The first-order valence-electron chi connectivity index (χ1n) is 6.99. The van der Waals surface area contributed by atoms with E-state index in [4.69, 9.17) is 0 Å². The molecule has 3 N–H and O–H groups in total. The van der Waals surface area contributed by atoms with Crippen LogP contribution in [0.5, 0.6) is 5.75 Å². The fourth-order valence-corrected chi connectivity index (χ4v) is 3.96. The van der Waals surface area contributed by atoms with E-state index in [9.17, 15) is 20.1 Å². The fraction of sp³-hybridized carbons (Fsp3) is 0.533. The van der Waals surface area contributed by atoms with Crippen LogP contribution in [0.4, 0.5) is 0 Å². The largest absolute Gasteiger partial charge is 0.508 e. The lowest BCUT2D eigenvalue weighted by molar-refractivity contribution is -0.148. The number of benzene rings is 1. The Morgan fingerprint density at radius 1 is 1.40 bits per heavy atom. The summed E-state index contributed by atoms with van der Waals surface area (Å²) in [5.41, 5.74) is -0.156. The summed E-state index contributed by atoms with van der Waals surface area (Å²) in [4.78, 5) is 13.7. The number of carbonyl (C=O) groups is 1. The highest BCUT2D eigenvalue weighted by Crippen LogP contribution is 2.53. The molecule has 2 fully saturated rings. The molecule has 3 atom stereocenters. The molecule has 0 unspecified atom stereocenters. The lowest BCUT2D eigenvalue weighted by Crippen LogP contribution is -2.46. The topological polar surface area (TPSA) is 81.0 Å². The van der Waals surface area contributed by atoms with Gasteiger partial charge >= 0.3 is 5.97 Å². The molecule has 3 rings (SSSR count). The second kappa shape index (κ2) is 4.75. The van der Waals surface area contributed by atoms with Gasteiger partial charge in [-0.3, -0.25) is 9.69 Å². The van der Waals surface area contributed by atoms with Crippen molar-refractivity contribution in [2.75, 3.05) is 13.2 Å². The summed E-state index contributed by atoms with van der Waals surface area (Å²) in [6.45, 7) is 0.631. The summed E-state index contributed by atoms with van der Waals surface area (Å²) in [5.74, 6) is -0.796. The highest BCUT2D eigenvalue weighted by molar-refractivity contribution is 5.80. The van der Waals surface area contributed by atoms with Crippen LogP contribution >= 0.6 is 0 Å². The van der Waals surface area contributed by atoms with Crippen LogP contribution in [0.3, 0.4) is 0 Å². The van der Waals surface area contributed by atoms with E-state index in [0.717, 1.165) is 12.0 Å². The first kappa shape index (κ1) is 13.4. The number of para-hydroxylation sites is 1. The van der Waals surface area contributed by atoms with Gasteiger partial charge < -0.3 is 15.3 Å². The molecule has 5 nitrogen and oxygen atoms in total. The number of carboxylic acid groups (broad SMARTS) is 1. The molecule has 0 spiro atoms. The Bertz CT molecular complexity index is 532. The van der Waals surface area contributed by atoms with E-state index in [-0.39, 0.29) is 24.3 Å². The number of aliphatic hydroxyl groups is 1. The summed E-state index contributed by atoms with van der Waals surface area (Å²) < 4.78 is 0. The predicted octanol–water partition coefficient (Wildman–Crippen LogP) is 1.36. The van der Waals surface area contributed by atoms with Gasteiger partial charge in [0.1, 0.15) is 11.3 Å². The van der Waals surface area contributed by atoms with Crippen molar-refractivity contribution >= 4 is 5.97 Å². The van der Waals surface area contributed by atoms with Gasteiger partial charge in [0.2, 0.25) is 0 Å². The Morgan fingerprint density at radius 2 is 2.15 bits per heavy atom. The SMILES string of the molecule is O=C(O)[C@]12CCCN1[C@@H](c1ccccc1O)[C@@H](CO)C2. The molecule has 2 aliphatic heterocycles. The van der Waals surface area contributed by atoms with E-state index in [2.05, 4.69) is 0 Å². The maximum atomic E-state index is 11.7. The van der Waals surface area contributed by atoms with Crippen LogP contribution in [0.1, 0.15) is 30.9 Å². The van der Waals surface area contributed by atoms with Crippen molar-refractivity contribution in [3.63, 3.8) is 0 Å². The molecule has 108 valence electrons. The van der Waals surface area contributed by atoms with Crippen molar-refractivity contribution in [1.82, 2.24) is 4.90 Å². The summed E-state index contributed by atoms with van der Waals surface area (Å²) in [7, 11) is 0. The number of fused-ring (bicyclic) bond motifs is 1. The fourth-order valence-electron chi connectivity index (χ4n) is 3.96. The van der Waals surface area contributed by atoms with Crippen LogP contribution in [0.2, 0.25) is 0 Å². The third-order valence-corrected chi connectivity index (χ3v) is 4.81. The number of rotatable bonds is 3. The average Bonchev–Trinajstić information content (AvgIpc) is 2.96. The number of hydrogen-bond acceptors (Lipinski definition) is 4. The Balaban J connectivity index is 2.06. The maximum Gasteiger partial charge on any atom is 0.324 e. The number of phenolic OH excluding ortho intramolecular Hbond substituents is 1. The van der Waals surface area contributed by atoms with Gasteiger partial charge in [-0.1, -0.05) is 18.2 Å². The van der Waals surface area contributed by atoms with E-state index >= 15 is 0 Å². The lowest BCUT2D eigenvalue weighted by atomic mass is 9.87. The van der Waals surface area contributed by atoms with E-state index < -0.39 is 11.5 Å². The Morgan fingerprint density at radius 3 is 2.80 bits per heavy atom. The van der Waals surface area contributed by atoms with E-state index in [1.165, 1.54) is 0 Å². The van der Waals surface area contributed by atoms with Crippen molar-refractivity contribution in [3.05, 3.63) is 29.8 Å². The lowest BCUT2D eigenvalue weighted by Gasteiger charge is -2.32. The number of phenols is 1. The van der Waals surface area contributed by atoms with Gasteiger partial charge in [-0.2, -0.15) is 0 Å². The zero-order valence-electron chi connectivity index (χ0n) is 11.2. The van der Waals surface area contributed by atoms with Crippen LogP contribution in [-0.2, 0) is 4.79 Å². The quantitative estimate of drug-likeness (QED) is 0.777. The molecular weight excluding hydrogens is 258 g/mol. The molecule has 0 aromatic heterocycles. The third kappa shape index (κ3) is 1.73. The molecule has 0 bridgehead atoms. The van der Waals surface area contributed by atoms with Crippen LogP contribution in [0.25, 0.3) is 0 Å². The summed E-state index contributed by atoms with van der Waals surface area (Å²) in [6.07, 6.45) is 1.90. The monoisotopic (exact) mass is 277 g/mol. The molecule has 2 heterocycles. The second-order valence-electron chi connectivity index (χ2n) is 5.78. The van der Waals surface area contributed by atoms with E-state index in [1.807, 2.05) is 17.0 Å². The van der Waals surface area contributed by atoms with Crippen LogP contribution < -0.4 is 0 Å². The van der Waals surface area contributed by atoms with E-state index in [1.54, 1.807) is 12.1 Å². The number of hydrogen-bond donors (Lipinski definition) is 3. The van der Waals surface area contributed by atoms with Crippen LogP contribution in [0.15, 0.2) is 24.3 Å². The third-order valence-electron chi connectivity index (χ3n) is 4.81. The van der Waals surface area contributed by atoms with E-state index in [0.29, 0.717) is 19.4 Å². The molecule has 0 saturated carbocycles. The van der Waals surface area contributed by atoms with Gasteiger partial charge in [-0.25, -0.2) is 0 Å². The predicted molar refractivity (Wildman–Crippen MR) is 72.3 cm³/mol. The van der Waals surface area contributed by atoms with Crippen molar-refractivity contribution < 1.29 is 20.1 Å². The molecule has 1 aromatic carbocycles. The van der Waals surface area contributed by atoms with Crippen molar-refractivity contribution in [2.24, 2.45) is 5.92 Å². The summed E-state index contributed by atoms with van der Waals surface area (Å²) in [5, 5.41) is 29.3. The van der Waals surface area contributed by atoms with Crippen molar-refractivity contribution in [1.29, 1.82) is 0 Å². The van der Waals surface area contributed by atoms with Gasteiger partial charge in [0.05, 0.1) is 0 Å². The number of carboxylic acids is 1. The maximum absolute atomic E-state index is 11.7. The number of aliphatic carboxylic acids is 1. The van der Waals surface area contributed by atoms with Gasteiger partial charge in [-0.05, 0) is 31.9 Å². The van der Waals surface area contributed by atoms with Gasteiger partial charge in [0, 0.05) is 24.1 Å². The molecule has 0 aliphatic carbocycles.